The molecule has 0 aliphatic carbocycles. The fraction of sp³-hybridized carbons (Fsp3) is 0.269. The smallest absolute Gasteiger partial charge is 0.250 e. The van der Waals surface area contributed by atoms with Crippen molar-refractivity contribution < 1.29 is 4.79 Å². The number of nitrogens with two attached hydrogens (primary N) is 1. The largest absolute Gasteiger partial charge is 0.366 e. The number of hydrogen-bond acceptors (Lipinski definition) is 5. The summed E-state index contributed by atoms with van der Waals surface area (Å²) >= 11 is 0. The number of primary amides is 1. The first-order chi connectivity index (χ1) is 16.2. The Morgan fingerprint density at radius 1 is 1.03 bits per heavy atom. The number of benzene rings is 2. The van der Waals surface area contributed by atoms with Crippen LogP contribution in [0, 0.1) is 0 Å². The molecule has 0 spiro atoms. The van der Waals surface area contributed by atoms with E-state index in [2.05, 4.69) is 44.5 Å². The van der Waals surface area contributed by atoms with Crippen molar-refractivity contribution in [1.82, 2.24) is 19.4 Å². The highest BCUT2D eigenvalue weighted by Crippen LogP contribution is 2.24. The van der Waals surface area contributed by atoms with Crippen LogP contribution in [0.1, 0.15) is 35.2 Å². The lowest BCUT2D eigenvalue weighted by Gasteiger charge is -2.14. The van der Waals surface area contributed by atoms with E-state index in [1.54, 1.807) is 12.4 Å². The Morgan fingerprint density at radius 2 is 1.82 bits per heavy atom. The van der Waals surface area contributed by atoms with E-state index in [1.807, 2.05) is 34.9 Å². The minimum absolute atomic E-state index is 0.460. The third-order valence-corrected chi connectivity index (χ3v) is 6.21. The number of hydrogen-bond donors (Lipinski definition) is 2. The summed E-state index contributed by atoms with van der Waals surface area (Å²) in [7, 11) is 0. The number of nitrogens with zero attached hydrogens (tertiary/aromatic N) is 4. The molecule has 3 heterocycles. The summed E-state index contributed by atoms with van der Waals surface area (Å²) in [5.41, 5.74) is 9.19. The van der Waals surface area contributed by atoms with Gasteiger partial charge in [-0.25, -0.2) is 4.98 Å². The van der Waals surface area contributed by atoms with Crippen LogP contribution in [0.15, 0.2) is 67.0 Å². The van der Waals surface area contributed by atoms with Gasteiger partial charge in [0.1, 0.15) is 5.82 Å². The van der Waals surface area contributed by atoms with Gasteiger partial charge in [0.2, 0.25) is 5.95 Å². The normalized spacial score (nSPS) is 14.1. The van der Waals surface area contributed by atoms with Gasteiger partial charge in [-0.2, -0.15) is 4.98 Å². The zero-order valence-corrected chi connectivity index (χ0v) is 18.6. The van der Waals surface area contributed by atoms with Crippen molar-refractivity contribution in [3.63, 3.8) is 0 Å². The zero-order chi connectivity index (χ0) is 22.6. The highest BCUT2D eigenvalue weighted by molar-refractivity contribution is 6.06. The highest BCUT2D eigenvalue weighted by Gasteiger charge is 2.14. The molecule has 33 heavy (non-hydrogen) atoms. The quantitative estimate of drug-likeness (QED) is 0.427. The molecule has 0 radical (unpaired) electrons. The van der Waals surface area contributed by atoms with E-state index < -0.39 is 5.91 Å². The highest BCUT2D eigenvalue weighted by atomic mass is 16.1. The molecule has 3 N–H and O–H groups in total. The van der Waals surface area contributed by atoms with E-state index in [0.29, 0.717) is 17.3 Å². The Bertz CT molecular complexity index is 1260. The van der Waals surface area contributed by atoms with Crippen LogP contribution in [0.3, 0.4) is 0 Å². The minimum Gasteiger partial charge on any atom is -0.366 e. The number of aromatic nitrogens is 3. The van der Waals surface area contributed by atoms with Gasteiger partial charge in [0.05, 0.1) is 11.1 Å². The monoisotopic (exact) mass is 440 g/mol. The summed E-state index contributed by atoms with van der Waals surface area (Å²) in [6.45, 7) is 3.70. The first-order valence-corrected chi connectivity index (χ1v) is 11.5. The molecule has 0 saturated carbocycles. The standard InChI is InChI=1S/C26H28N6O/c27-25(33)22-18-32(23-8-2-1-7-21(22)23)24-13-14-28-26(30-24)29-20-11-9-19(10-12-20)6-5-17-31-15-3-4-16-31/h1-2,7-14,18H,3-6,15-17H2,(H2,27,33)(H,28,29,30). The molecule has 168 valence electrons. The first kappa shape index (κ1) is 21.2. The summed E-state index contributed by atoms with van der Waals surface area (Å²) in [5, 5.41) is 4.09. The van der Waals surface area contributed by atoms with E-state index in [4.69, 9.17) is 5.73 Å². The number of para-hydroxylation sites is 1. The van der Waals surface area contributed by atoms with Crippen LogP contribution in [0.5, 0.6) is 0 Å². The summed E-state index contributed by atoms with van der Waals surface area (Å²) in [6, 6.07) is 17.9. The van der Waals surface area contributed by atoms with E-state index in [1.165, 1.54) is 44.5 Å². The maximum Gasteiger partial charge on any atom is 0.250 e. The summed E-state index contributed by atoms with van der Waals surface area (Å²) in [4.78, 5) is 23.5. The van der Waals surface area contributed by atoms with Crippen LogP contribution in [0.4, 0.5) is 11.6 Å². The second kappa shape index (κ2) is 9.42. The van der Waals surface area contributed by atoms with Gasteiger partial charge in [0.25, 0.3) is 5.91 Å². The van der Waals surface area contributed by atoms with Crippen LogP contribution >= 0.6 is 0 Å². The molecule has 7 heteroatoms. The molecular weight excluding hydrogens is 412 g/mol. The second-order valence-electron chi connectivity index (χ2n) is 8.51. The number of aryl methyl sites for hydroxylation is 1. The van der Waals surface area contributed by atoms with Crippen LogP contribution in [-0.2, 0) is 6.42 Å². The maximum absolute atomic E-state index is 11.9. The van der Waals surface area contributed by atoms with Crippen LogP contribution in [-0.4, -0.2) is 45.0 Å². The average Bonchev–Trinajstić information content (AvgIpc) is 3.49. The van der Waals surface area contributed by atoms with Gasteiger partial charge >= 0.3 is 0 Å². The van der Waals surface area contributed by atoms with Crippen molar-refractivity contribution >= 4 is 28.4 Å². The van der Waals surface area contributed by atoms with E-state index in [0.717, 1.165) is 23.0 Å². The number of likely N-dealkylation sites (tertiary alicyclic amines) is 1. The van der Waals surface area contributed by atoms with Crippen LogP contribution in [0.2, 0.25) is 0 Å². The van der Waals surface area contributed by atoms with Gasteiger partial charge in [-0.05, 0) is 75.1 Å². The van der Waals surface area contributed by atoms with Crippen molar-refractivity contribution in [2.45, 2.75) is 25.7 Å². The minimum atomic E-state index is -0.460. The van der Waals surface area contributed by atoms with E-state index in [-0.39, 0.29) is 0 Å². The van der Waals surface area contributed by atoms with Gasteiger partial charge in [0.15, 0.2) is 0 Å². The molecule has 7 nitrogen and oxygen atoms in total. The molecule has 0 unspecified atom stereocenters. The van der Waals surface area contributed by atoms with Crippen molar-refractivity contribution in [2.24, 2.45) is 5.73 Å². The topological polar surface area (TPSA) is 89.1 Å². The van der Waals surface area contributed by atoms with Gasteiger partial charge < -0.3 is 20.5 Å². The molecule has 1 aliphatic rings. The lowest BCUT2D eigenvalue weighted by Crippen LogP contribution is -2.20. The Labute approximate surface area is 193 Å². The molecule has 1 fully saturated rings. The first-order valence-electron chi connectivity index (χ1n) is 11.5. The number of fused-ring (bicyclic) bond motifs is 1. The average molecular weight is 441 g/mol. The molecular formula is C26H28N6O. The van der Waals surface area contributed by atoms with Crippen LogP contribution in [0.25, 0.3) is 16.7 Å². The Kier molecular flexibility index (Phi) is 6.04. The van der Waals surface area contributed by atoms with Crippen molar-refractivity contribution in [3.8, 4) is 5.82 Å². The van der Waals surface area contributed by atoms with Gasteiger partial charge in [0, 0.05) is 23.5 Å². The Morgan fingerprint density at radius 3 is 2.61 bits per heavy atom. The maximum atomic E-state index is 11.9. The Balaban J connectivity index is 1.29. The van der Waals surface area contributed by atoms with E-state index >= 15 is 0 Å². The molecule has 0 atom stereocenters. The predicted octanol–water partition coefficient (Wildman–Crippen LogP) is 4.29. The van der Waals surface area contributed by atoms with Gasteiger partial charge in [-0.3, -0.25) is 4.79 Å². The lowest BCUT2D eigenvalue weighted by atomic mass is 10.1. The van der Waals surface area contributed by atoms with Crippen molar-refractivity contribution in [3.05, 3.63) is 78.1 Å². The predicted molar refractivity (Wildman–Crippen MR) is 131 cm³/mol. The third kappa shape index (κ3) is 4.73. The molecule has 1 amide bonds. The zero-order valence-electron chi connectivity index (χ0n) is 18.6. The third-order valence-electron chi connectivity index (χ3n) is 6.21. The second-order valence-corrected chi connectivity index (χ2v) is 8.51. The fourth-order valence-corrected chi connectivity index (χ4v) is 4.51. The van der Waals surface area contributed by atoms with Gasteiger partial charge in [-0.1, -0.05) is 30.3 Å². The molecule has 0 bridgehead atoms. The lowest BCUT2D eigenvalue weighted by molar-refractivity contribution is 0.100. The van der Waals surface area contributed by atoms with Gasteiger partial charge in [-0.15, -0.1) is 0 Å². The summed E-state index contributed by atoms with van der Waals surface area (Å²) < 4.78 is 1.87. The summed E-state index contributed by atoms with van der Waals surface area (Å²) in [5.74, 6) is 0.695. The number of rotatable bonds is 8. The van der Waals surface area contributed by atoms with Crippen LogP contribution < -0.4 is 11.1 Å². The molecule has 1 aliphatic heterocycles. The van der Waals surface area contributed by atoms with Crippen molar-refractivity contribution in [1.29, 1.82) is 0 Å². The van der Waals surface area contributed by atoms with Crippen molar-refractivity contribution in [2.75, 3.05) is 25.0 Å². The fourth-order valence-electron chi connectivity index (χ4n) is 4.51. The number of anilines is 2. The SMILES string of the molecule is NC(=O)c1cn(-c2ccnc(Nc3ccc(CCCN4CCCC4)cc3)n2)c2ccccc12. The number of carbonyl (C=O) groups excluding carboxylic acids is 1. The molecule has 4 aromatic rings. The molecule has 5 rings (SSSR count). The number of nitrogens with one attached hydrogen (secondary N) is 1. The molecule has 1 saturated heterocycles. The Hall–Kier alpha value is -3.71. The number of amides is 1. The summed E-state index contributed by atoms with van der Waals surface area (Å²) in [6.07, 6.45) is 8.40. The number of carbonyl (C=O) groups is 1. The molecule has 2 aromatic heterocycles. The van der Waals surface area contributed by atoms with E-state index in [9.17, 15) is 4.79 Å². The molecule has 2 aromatic carbocycles.